The normalized spacial score (nSPS) is 17.1. The van der Waals surface area contributed by atoms with E-state index in [4.69, 9.17) is 4.74 Å². The minimum absolute atomic E-state index is 0.265. The summed E-state index contributed by atoms with van der Waals surface area (Å²) >= 11 is 0. The highest BCUT2D eigenvalue weighted by Gasteiger charge is 2.25. The highest BCUT2D eigenvalue weighted by molar-refractivity contribution is 5.52. The smallest absolute Gasteiger partial charge is 0.130 e. The lowest BCUT2D eigenvalue weighted by Crippen LogP contribution is -2.29. The number of hydrogen-bond donors (Lipinski definition) is 1. The van der Waals surface area contributed by atoms with Gasteiger partial charge in [-0.15, -0.1) is 0 Å². The topological polar surface area (TPSA) is 32.7 Å². The summed E-state index contributed by atoms with van der Waals surface area (Å²) in [6, 6.07) is 14.8. The third kappa shape index (κ3) is 3.73. The van der Waals surface area contributed by atoms with Gasteiger partial charge in [-0.2, -0.15) is 0 Å². The molecule has 126 valence electrons. The van der Waals surface area contributed by atoms with Crippen molar-refractivity contribution in [3.05, 3.63) is 65.9 Å². The Kier molecular flexibility index (Phi) is 4.79. The monoisotopic (exact) mass is 323 g/mol. The quantitative estimate of drug-likeness (QED) is 0.735. The molecule has 0 spiro atoms. The Morgan fingerprint density at radius 2 is 1.96 bits per heavy atom. The summed E-state index contributed by atoms with van der Waals surface area (Å²) in [5.41, 5.74) is 3.55. The van der Waals surface area contributed by atoms with E-state index < -0.39 is 0 Å². The van der Waals surface area contributed by atoms with E-state index in [0.717, 1.165) is 36.4 Å². The lowest BCUT2D eigenvalue weighted by atomic mass is 10.1. The van der Waals surface area contributed by atoms with Crippen LogP contribution in [-0.2, 0) is 0 Å². The minimum atomic E-state index is 0.265. The van der Waals surface area contributed by atoms with Crippen LogP contribution in [0.2, 0.25) is 0 Å². The van der Waals surface area contributed by atoms with Crippen LogP contribution in [-0.4, -0.2) is 17.7 Å². The predicted octanol–water partition coefficient (Wildman–Crippen LogP) is 5.53. The summed E-state index contributed by atoms with van der Waals surface area (Å²) in [6.07, 6.45) is 2.89. The molecule has 1 aliphatic heterocycles. The SMILES string of the molecule is C=C(O)CC1CCCN1c1ccc(Oc2ccc(C)cc2C)cc1. The summed E-state index contributed by atoms with van der Waals surface area (Å²) in [7, 11) is 0. The molecule has 1 atom stereocenters. The first kappa shape index (κ1) is 16.4. The van der Waals surface area contributed by atoms with E-state index in [0.29, 0.717) is 12.5 Å². The van der Waals surface area contributed by atoms with Gasteiger partial charge in [0.15, 0.2) is 0 Å². The third-order valence-electron chi connectivity index (χ3n) is 4.57. The summed E-state index contributed by atoms with van der Waals surface area (Å²) in [6.45, 7) is 8.80. The first-order valence-electron chi connectivity index (χ1n) is 8.51. The maximum absolute atomic E-state index is 9.49. The highest BCUT2D eigenvalue weighted by Crippen LogP contribution is 2.31. The molecule has 0 aliphatic carbocycles. The number of aliphatic hydroxyl groups excluding tert-OH is 1. The van der Waals surface area contributed by atoms with Crippen molar-refractivity contribution in [2.24, 2.45) is 0 Å². The van der Waals surface area contributed by atoms with Gasteiger partial charge in [-0.25, -0.2) is 0 Å². The molecule has 24 heavy (non-hydrogen) atoms. The van der Waals surface area contributed by atoms with Gasteiger partial charge in [0.1, 0.15) is 11.5 Å². The maximum Gasteiger partial charge on any atom is 0.130 e. The number of anilines is 1. The molecule has 1 heterocycles. The summed E-state index contributed by atoms with van der Waals surface area (Å²) in [5, 5.41) is 9.49. The fraction of sp³-hybridized carbons (Fsp3) is 0.333. The second-order valence-corrected chi connectivity index (χ2v) is 6.62. The molecule has 0 bridgehead atoms. The van der Waals surface area contributed by atoms with Gasteiger partial charge in [0, 0.05) is 24.7 Å². The van der Waals surface area contributed by atoms with Crippen molar-refractivity contribution in [1.29, 1.82) is 0 Å². The molecular formula is C21H25NO2. The van der Waals surface area contributed by atoms with Crippen molar-refractivity contribution < 1.29 is 9.84 Å². The first-order valence-corrected chi connectivity index (χ1v) is 8.51. The Morgan fingerprint density at radius 3 is 2.62 bits per heavy atom. The molecule has 2 aromatic rings. The zero-order valence-electron chi connectivity index (χ0n) is 14.5. The number of benzene rings is 2. The first-order chi connectivity index (χ1) is 11.5. The van der Waals surface area contributed by atoms with E-state index in [1.54, 1.807) is 0 Å². The standard InChI is InChI=1S/C21H25NO2/c1-15-6-11-21(16(2)13-15)24-20-9-7-18(8-10-20)22-12-4-5-19(22)14-17(3)23/h6-11,13,19,23H,3-5,12,14H2,1-2H3. The van der Waals surface area contributed by atoms with Gasteiger partial charge in [0.2, 0.25) is 0 Å². The lowest BCUT2D eigenvalue weighted by Gasteiger charge is -2.26. The minimum Gasteiger partial charge on any atom is -0.513 e. The number of ether oxygens (including phenoxy) is 1. The van der Waals surface area contributed by atoms with Crippen molar-refractivity contribution >= 4 is 5.69 Å². The number of hydrogen-bond acceptors (Lipinski definition) is 3. The second-order valence-electron chi connectivity index (χ2n) is 6.62. The molecular weight excluding hydrogens is 298 g/mol. The second kappa shape index (κ2) is 7.00. The lowest BCUT2D eigenvalue weighted by molar-refractivity contribution is 0.376. The Labute approximate surface area is 144 Å². The summed E-state index contributed by atoms with van der Waals surface area (Å²) in [4.78, 5) is 2.35. The number of rotatable bonds is 5. The molecule has 3 rings (SSSR count). The Bertz CT molecular complexity index is 721. The van der Waals surface area contributed by atoms with E-state index in [9.17, 15) is 5.11 Å². The molecule has 1 unspecified atom stereocenters. The van der Waals surface area contributed by atoms with Gasteiger partial charge in [0.05, 0.1) is 5.76 Å². The van der Waals surface area contributed by atoms with Crippen LogP contribution in [0, 0.1) is 13.8 Å². The number of aryl methyl sites for hydroxylation is 2. The van der Waals surface area contributed by atoms with E-state index in [1.165, 1.54) is 11.3 Å². The van der Waals surface area contributed by atoms with Gasteiger partial charge in [0.25, 0.3) is 0 Å². The van der Waals surface area contributed by atoms with Gasteiger partial charge in [-0.3, -0.25) is 0 Å². The molecule has 1 aliphatic rings. The Morgan fingerprint density at radius 1 is 1.21 bits per heavy atom. The molecule has 1 fully saturated rings. The van der Waals surface area contributed by atoms with Gasteiger partial charge >= 0.3 is 0 Å². The van der Waals surface area contributed by atoms with Crippen LogP contribution in [0.1, 0.15) is 30.4 Å². The van der Waals surface area contributed by atoms with Gasteiger partial charge in [-0.1, -0.05) is 24.3 Å². The molecule has 0 amide bonds. The summed E-state index contributed by atoms with van der Waals surface area (Å²) < 4.78 is 6.00. The fourth-order valence-corrected chi connectivity index (χ4v) is 3.41. The average Bonchev–Trinajstić information content (AvgIpc) is 2.98. The van der Waals surface area contributed by atoms with Crippen LogP contribution in [0.15, 0.2) is 54.8 Å². The van der Waals surface area contributed by atoms with Crippen molar-refractivity contribution in [3.63, 3.8) is 0 Å². The zero-order valence-corrected chi connectivity index (χ0v) is 14.5. The Hall–Kier alpha value is -2.42. The van der Waals surface area contributed by atoms with E-state index >= 15 is 0 Å². The average molecular weight is 323 g/mol. The molecule has 0 aromatic heterocycles. The van der Waals surface area contributed by atoms with Crippen LogP contribution in [0.5, 0.6) is 11.5 Å². The van der Waals surface area contributed by atoms with Crippen molar-refractivity contribution in [2.75, 3.05) is 11.4 Å². The number of nitrogens with zero attached hydrogens (tertiary/aromatic N) is 1. The van der Waals surface area contributed by atoms with Gasteiger partial charge < -0.3 is 14.7 Å². The molecule has 0 saturated carbocycles. The number of aliphatic hydroxyl groups is 1. The predicted molar refractivity (Wildman–Crippen MR) is 99.2 cm³/mol. The third-order valence-corrected chi connectivity index (χ3v) is 4.57. The van der Waals surface area contributed by atoms with E-state index in [1.807, 2.05) is 18.2 Å². The van der Waals surface area contributed by atoms with E-state index in [2.05, 4.69) is 49.6 Å². The molecule has 2 aromatic carbocycles. The summed E-state index contributed by atoms with van der Waals surface area (Å²) in [5.74, 6) is 2.00. The van der Waals surface area contributed by atoms with Crippen LogP contribution < -0.4 is 9.64 Å². The van der Waals surface area contributed by atoms with Crippen LogP contribution >= 0.6 is 0 Å². The highest BCUT2D eigenvalue weighted by atomic mass is 16.5. The maximum atomic E-state index is 9.49. The molecule has 0 radical (unpaired) electrons. The van der Waals surface area contributed by atoms with Crippen molar-refractivity contribution in [1.82, 2.24) is 0 Å². The molecule has 1 saturated heterocycles. The largest absolute Gasteiger partial charge is 0.513 e. The molecule has 1 N–H and O–H groups in total. The van der Waals surface area contributed by atoms with Crippen LogP contribution in [0.25, 0.3) is 0 Å². The van der Waals surface area contributed by atoms with Crippen LogP contribution in [0.3, 0.4) is 0 Å². The molecule has 3 nitrogen and oxygen atoms in total. The fourth-order valence-electron chi connectivity index (χ4n) is 3.41. The van der Waals surface area contributed by atoms with Gasteiger partial charge in [-0.05, 0) is 62.6 Å². The molecule has 3 heteroatoms. The van der Waals surface area contributed by atoms with Crippen molar-refractivity contribution in [2.45, 2.75) is 39.2 Å². The zero-order chi connectivity index (χ0) is 17.1. The van der Waals surface area contributed by atoms with Crippen LogP contribution in [0.4, 0.5) is 5.69 Å². The van der Waals surface area contributed by atoms with E-state index in [-0.39, 0.29) is 5.76 Å². The Balaban J connectivity index is 1.72. The van der Waals surface area contributed by atoms with Crippen molar-refractivity contribution in [3.8, 4) is 11.5 Å².